The van der Waals surface area contributed by atoms with Gasteiger partial charge in [-0.25, -0.2) is 0 Å². The van der Waals surface area contributed by atoms with Gasteiger partial charge in [-0.2, -0.15) is 14.4 Å². The summed E-state index contributed by atoms with van der Waals surface area (Å²) >= 11 is 0. The van der Waals surface area contributed by atoms with Crippen molar-refractivity contribution in [2.45, 2.75) is 393 Å². The van der Waals surface area contributed by atoms with Crippen molar-refractivity contribution in [1.29, 1.82) is 0 Å². The molecule has 0 aromatic heterocycles. The van der Waals surface area contributed by atoms with Crippen LogP contribution in [0.25, 0.3) is 0 Å². The van der Waals surface area contributed by atoms with E-state index in [0.29, 0.717) is 0 Å². The molecule has 0 saturated carbocycles. The van der Waals surface area contributed by atoms with Gasteiger partial charge in [0, 0.05) is 33.4 Å². The molecular weight excluding hydrogens is 1040 g/mol. The van der Waals surface area contributed by atoms with E-state index < -0.39 is 7.32 Å². The number of unbranched alkanes of at least 4 members (excludes halogenated alkanes) is 9. The van der Waals surface area contributed by atoms with Gasteiger partial charge in [-0.3, -0.25) is 0 Å². The molecule has 7 heteroatoms. The quantitative estimate of drug-likeness (QED) is 0.0329. The molecule has 0 aliphatic carbocycles. The number of hydrogen-bond acceptors (Lipinski definition) is 6. The van der Waals surface area contributed by atoms with Gasteiger partial charge in [0.25, 0.3) is 0 Å². The largest absolute Gasteiger partial charge is 0.754 e. The van der Waals surface area contributed by atoms with E-state index in [1.165, 1.54) is 83.5 Å². The molecular formula is C78H135BO6. The topological polar surface area (TPSA) is 55.4 Å². The molecule has 0 amide bonds. The van der Waals surface area contributed by atoms with Crippen molar-refractivity contribution >= 4 is 7.32 Å². The van der Waals surface area contributed by atoms with Crippen LogP contribution in [0.4, 0.5) is 0 Å². The van der Waals surface area contributed by atoms with Crippen LogP contribution in [0, 0.1) is 0 Å². The maximum Gasteiger partial charge on any atom is 0.754 e. The fourth-order valence-corrected chi connectivity index (χ4v) is 13.7. The number of benzene rings is 3. The van der Waals surface area contributed by atoms with E-state index in [1.54, 1.807) is 0 Å². The first-order valence-electron chi connectivity index (χ1n) is 35.4. The van der Waals surface area contributed by atoms with E-state index in [2.05, 4.69) is 187 Å². The van der Waals surface area contributed by atoms with E-state index in [-0.39, 0.29) is 32.5 Å². The first-order chi connectivity index (χ1) is 39.7. The van der Waals surface area contributed by atoms with Crippen molar-refractivity contribution in [2.75, 3.05) is 0 Å². The molecule has 0 unspecified atom stereocenters. The highest BCUT2D eigenvalue weighted by Gasteiger charge is 2.43. The molecule has 0 radical (unpaired) electrons. The second-order valence-electron chi connectivity index (χ2n) is 31.8. The SMILES string of the molecule is CCCCc1c(CCCC)c(C(C)(C)C)c(OOB(OOc2c(C(C)(C)C)c(CCCC)c(CCCC)c(CCCC)c2C(C)(C)C)OOc2c(C(C)(C)C)c(CCCC)c(CCCC)c(CCCC)c2C(C)(C)C)c(C(C)(C)C)c1CCCC. The first-order valence-corrected chi connectivity index (χ1v) is 35.4. The number of hydrogen-bond donors (Lipinski definition) is 0. The Hall–Kier alpha value is -3.00. The summed E-state index contributed by atoms with van der Waals surface area (Å²) in [4.78, 5) is 42.9. The zero-order chi connectivity index (χ0) is 64.3. The third kappa shape index (κ3) is 20.8. The molecule has 0 bridgehead atoms. The predicted octanol–water partition coefficient (Wildman–Crippen LogP) is 23.9. The second-order valence-corrected chi connectivity index (χ2v) is 31.8. The van der Waals surface area contributed by atoms with Crippen molar-refractivity contribution in [2.24, 2.45) is 0 Å². The van der Waals surface area contributed by atoms with Gasteiger partial charge in [-0.15, -0.1) is 0 Å². The highest BCUT2D eigenvalue weighted by atomic mass is 17.3. The van der Waals surface area contributed by atoms with Gasteiger partial charge >= 0.3 is 7.32 Å². The average molecular weight is 1180 g/mol. The van der Waals surface area contributed by atoms with E-state index in [0.717, 1.165) is 191 Å². The summed E-state index contributed by atoms with van der Waals surface area (Å²) in [6, 6.07) is 0. The summed E-state index contributed by atoms with van der Waals surface area (Å²) < 4.78 is 0. The molecule has 85 heavy (non-hydrogen) atoms. The van der Waals surface area contributed by atoms with Crippen LogP contribution in [0.1, 0.15) is 386 Å². The van der Waals surface area contributed by atoms with Crippen LogP contribution in [-0.2, 0) is 105 Å². The molecule has 3 aromatic carbocycles. The Morgan fingerprint density at radius 2 is 0.341 bits per heavy atom. The highest BCUT2D eigenvalue weighted by molar-refractivity contribution is 6.35. The molecule has 486 valence electrons. The van der Waals surface area contributed by atoms with Gasteiger partial charge < -0.3 is 14.7 Å². The summed E-state index contributed by atoms with van der Waals surface area (Å²) in [5.74, 6) is 2.33. The molecule has 0 spiro atoms. The smallest absolute Gasteiger partial charge is 0.347 e. The third-order valence-corrected chi connectivity index (χ3v) is 17.5. The lowest BCUT2D eigenvalue weighted by atomic mass is 9.71. The maximum absolute atomic E-state index is 7.28. The Labute approximate surface area is 527 Å². The molecule has 0 N–H and O–H groups in total. The molecule has 0 saturated heterocycles. The average Bonchev–Trinajstić information content (AvgIpc) is 0.953. The van der Waals surface area contributed by atoms with Gasteiger partial charge in [-0.1, -0.05) is 245 Å². The van der Waals surface area contributed by atoms with Crippen LogP contribution in [0.15, 0.2) is 0 Å². The van der Waals surface area contributed by atoms with E-state index in [9.17, 15) is 0 Å². The molecule has 0 atom stereocenters. The monoisotopic (exact) mass is 1180 g/mol. The van der Waals surface area contributed by atoms with Crippen molar-refractivity contribution in [1.82, 2.24) is 0 Å². The van der Waals surface area contributed by atoms with Gasteiger partial charge in [-0.05, 0) is 198 Å². The van der Waals surface area contributed by atoms with Gasteiger partial charge in [0.2, 0.25) is 0 Å². The maximum atomic E-state index is 7.28. The highest BCUT2D eigenvalue weighted by Crippen LogP contribution is 2.52. The van der Waals surface area contributed by atoms with Crippen LogP contribution < -0.4 is 14.7 Å². The van der Waals surface area contributed by atoms with E-state index in [1.807, 2.05) is 0 Å². The van der Waals surface area contributed by atoms with E-state index in [4.69, 9.17) is 29.1 Å². The Kier molecular flexibility index (Phi) is 30.7. The van der Waals surface area contributed by atoms with Gasteiger partial charge in [0.1, 0.15) is 0 Å². The van der Waals surface area contributed by atoms with Crippen LogP contribution >= 0.6 is 0 Å². The van der Waals surface area contributed by atoms with Crippen molar-refractivity contribution < 1.29 is 29.1 Å². The Morgan fingerprint density at radius 3 is 0.459 bits per heavy atom. The summed E-state index contributed by atoms with van der Waals surface area (Å²) in [5.41, 5.74) is 18.6. The molecule has 6 nitrogen and oxygen atoms in total. The van der Waals surface area contributed by atoms with Crippen LogP contribution in [0.3, 0.4) is 0 Å². The molecule has 0 fully saturated rings. The van der Waals surface area contributed by atoms with Crippen LogP contribution in [0.2, 0.25) is 0 Å². The zero-order valence-corrected chi connectivity index (χ0v) is 61.1. The van der Waals surface area contributed by atoms with E-state index >= 15 is 0 Å². The standard InChI is InChI=1S/C78H135BO6/c1-28-37-46-55-58(49-40-31-4)64(73(10,11)12)70(65(74(13,14)15)59(55)50-41-32-5)80-83-79(84-81-71-66(75(16,17)18)60(51-42-33-6)56(47-38-29-2)61(52-43-34-7)67(71)76(19,20)21)85-82-72-68(77(22,23)24)62(53-44-35-8)57(48-39-30-3)63(54-45-36-9)69(72)78(25,26)27/h28-54H2,1-27H3. The molecule has 0 aliphatic heterocycles. The predicted molar refractivity (Wildman–Crippen MR) is 370 cm³/mol. The second kappa shape index (κ2) is 34.3. The summed E-state index contributed by atoms with van der Waals surface area (Å²) in [6.07, 6.45) is 29.0. The Morgan fingerprint density at radius 1 is 0.212 bits per heavy atom. The Balaban J connectivity index is 2.77. The van der Waals surface area contributed by atoms with Crippen molar-refractivity contribution in [3.8, 4) is 17.2 Å². The normalized spacial score (nSPS) is 12.9. The zero-order valence-electron chi connectivity index (χ0n) is 61.1. The number of rotatable bonds is 36. The fraction of sp³-hybridized carbons (Fsp3) is 0.769. The first kappa shape index (κ1) is 76.3. The lowest BCUT2D eigenvalue weighted by Gasteiger charge is -2.37. The summed E-state index contributed by atoms with van der Waals surface area (Å²) in [7, 11) is -1.59. The molecule has 0 aliphatic rings. The molecule has 0 heterocycles. The van der Waals surface area contributed by atoms with Gasteiger partial charge in [0.05, 0.1) is 0 Å². The summed E-state index contributed by atoms with van der Waals surface area (Å²) in [6.45, 7) is 63.1. The van der Waals surface area contributed by atoms with Crippen LogP contribution in [-0.4, -0.2) is 7.32 Å². The minimum atomic E-state index is -1.59. The lowest BCUT2D eigenvalue weighted by Crippen LogP contribution is -2.35. The lowest BCUT2D eigenvalue weighted by molar-refractivity contribution is -0.264. The van der Waals surface area contributed by atoms with Gasteiger partial charge in [0.15, 0.2) is 17.2 Å². The minimum absolute atomic E-state index is 0.296. The summed E-state index contributed by atoms with van der Waals surface area (Å²) in [5, 5.41) is 0. The van der Waals surface area contributed by atoms with Crippen molar-refractivity contribution in [3.63, 3.8) is 0 Å². The fourth-order valence-electron chi connectivity index (χ4n) is 13.7. The van der Waals surface area contributed by atoms with Crippen molar-refractivity contribution in [3.05, 3.63) is 83.5 Å². The minimum Gasteiger partial charge on any atom is -0.347 e. The molecule has 3 rings (SSSR count). The third-order valence-electron chi connectivity index (χ3n) is 17.5. The Bertz CT molecular complexity index is 2070. The van der Waals surface area contributed by atoms with Crippen LogP contribution in [0.5, 0.6) is 17.2 Å². The molecule has 3 aromatic rings.